The predicted octanol–water partition coefficient (Wildman–Crippen LogP) is 1.29. The molecule has 1 saturated heterocycles. The summed E-state index contributed by atoms with van der Waals surface area (Å²) in [6, 6.07) is 1.49. The summed E-state index contributed by atoms with van der Waals surface area (Å²) in [7, 11) is 1.83. The van der Waals surface area contributed by atoms with Crippen LogP contribution in [0.15, 0.2) is 12.3 Å². The molecule has 6 heteroatoms. The van der Waals surface area contributed by atoms with Crippen LogP contribution in [-0.2, 0) is 16.6 Å². The Morgan fingerprint density at radius 2 is 2.18 bits per heavy atom. The predicted molar refractivity (Wildman–Crippen MR) is 84.2 cm³/mol. The standard InChI is InChI=1S/C16H26N4O2/c1-11(2)10-14-15(21)17-7-5-9-20(14)16(22)12(3)13-6-8-18-19(13)4/h6,8,11-12,14H,5,7,9-10H2,1-4H3,(H,17,21). The fraction of sp³-hybridized carbons (Fsp3) is 0.688. The van der Waals surface area contributed by atoms with Gasteiger partial charge >= 0.3 is 0 Å². The van der Waals surface area contributed by atoms with Crippen LogP contribution < -0.4 is 5.32 Å². The van der Waals surface area contributed by atoms with Crippen LogP contribution in [0.25, 0.3) is 0 Å². The molecule has 0 bridgehead atoms. The highest BCUT2D eigenvalue weighted by Gasteiger charge is 2.34. The Hall–Kier alpha value is -1.85. The number of carbonyl (C=O) groups is 2. The van der Waals surface area contributed by atoms with Crippen LogP contribution in [-0.4, -0.2) is 45.6 Å². The molecule has 122 valence electrons. The summed E-state index contributed by atoms with van der Waals surface area (Å²) in [5, 5.41) is 7.05. The molecule has 0 aromatic carbocycles. The van der Waals surface area contributed by atoms with Crippen LogP contribution in [0.4, 0.5) is 0 Å². The molecule has 0 radical (unpaired) electrons. The normalized spacial score (nSPS) is 20.7. The summed E-state index contributed by atoms with van der Waals surface area (Å²) in [4.78, 5) is 27.0. The molecule has 2 rings (SSSR count). The van der Waals surface area contributed by atoms with Gasteiger partial charge in [0, 0.05) is 26.3 Å². The van der Waals surface area contributed by atoms with Crippen molar-refractivity contribution in [1.82, 2.24) is 20.0 Å². The number of nitrogens with one attached hydrogen (secondary N) is 1. The van der Waals surface area contributed by atoms with Gasteiger partial charge in [0.15, 0.2) is 0 Å². The van der Waals surface area contributed by atoms with Gasteiger partial charge in [-0.3, -0.25) is 14.3 Å². The lowest BCUT2D eigenvalue weighted by atomic mass is 9.99. The maximum atomic E-state index is 12.9. The average Bonchev–Trinajstić information content (AvgIpc) is 2.81. The van der Waals surface area contributed by atoms with Gasteiger partial charge in [0.25, 0.3) is 0 Å². The van der Waals surface area contributed by atoms with Crippen molar-refractivity contribution in [3.8, 4) is 0 Å². The molecule has 1 aliphatic heterocycles. The van der Waals surface area contributed by atoms with E-state index in [0.717, 1.165) is 12.1 Å². The first-order chi connectivity index (χ1) is 10.4. The van der Waals surface area contributed by atoms with Gasteiger partial charge in [-0.05, 0) is 31.7 Å². The average molecular weight is 306 g/mol. The second kappa shape index (κ2) is 6.94. The Morgan fingerprint density at radius 1 is 1.45 bits per heavy atom. The molecule has 1 aromatic heterocycles. The van der Waals surface area contributed by atoms with Crippen molar-refractivity contribution >= 4 is 11.8 Å². The van der Waals surface area contributed by atoms with Gasteiger partial charge in [0.2, 0.25) is 11.8 Å². The SMILES string of the molecule is CC(C)CC1C(=O)NCCCN1C(=O)C(C)c1ccnn1C. The lowest BCUT2D eigenvalue weighted by Crippen LogP contribution is -2.49. The summed E-state index contributed by atoms with van der Waals surface area (Å²) in [6.45, 7) is 7.29. The van der Waals surface area contributed by atoms with Gasteiger partial charge < -0.3 is 10.2 Å². The van der Waals surface area contributed by atoms with Gasteiger partial charge in [0.1, 0.15) is 6.04 Å². The number of carbonyl (C=O) groups excluding carboxylic acids is 2. The van der Waals surface area contributed by atoms with Gasteiger partial charge in [-0.2, -0.15) is 5.10 Å². The Labute approximate surface area is 131 Å². The Bertz CT molecular complexity index is 538. The second-order valence-electron chi connectivity index (χ2n) is 6.42. The van der Waals surface area contributed by atoms with E-state index >= 15 is 0 Å². The number of nitrogens with zero attached hydrogens (tertiary/aromatic N) is 3. The Kier molecular flexibility index (Phi) is 5.21. The van der Waals surface area contributed by atoms with Crippen molar-refractivity contribution in [2.45, 2.75) is 45.6 Å². The number of aromatic nitrogens is 2. The van der Waals surface area contributed by atoms with E-state index in [4.69, 9.17) is 0 Å². The first kappa shape index (κ1) is 16.5. The molecular formula is C16H26N4O2. The molecule has 0 saturated carbocycles. The van der Waals surface area contributed by atoms with E-state index in [2.05, 4.69) is 24.3 Å². The van der Waals surface area contributed by atoms with Crippen LogP contribution >= 0.6 is 0 Å². The third-order valence-corrected chi connectivity index (χ3v) is 4.20. The van der Waals surface area contributed by atoms with E-state index in [9.17, 15) is 9.59 Å². The van der Waals surface area contributed by atoms with Crippen molar-refractivity contribution in [3.63, 3.8) is 0 Å². The summed E-state index contributed by atoms with van der Waals surface area (Å²) >= 11 is 0. The van der Waals surface area contributed by atoms with Crippen LogP contribution in [0.1, 0.15) is 45.2 Å². The van der Waals surface area contributed by atoms with Crippen molar-refractivity contribution < 1.29 is 9.59 Å². The molecule has 2 heterocycles. The molecule has 2 amide bonds. The fourth-order valence-electron chi connectivity index (χ4n) is 3.00. The first-order valence-electron chi connectivity index (χ1n) is 7.98. The van der Waals surface area contributed by atoms with Gasteiger partial charge in [0.05, 0.1) is 11.6 Å². The van der Waals surface area contributed by atoms with Crippen molar-refractivity contribution in [2.24, 2.45) is 13.0 Å². The largest absolute Gasteiger partial charge is 0.354 e. The Balaban J connectivity index is 2.23. The first-order valence-corrected chi connectivity index (χ1v) is 7.98. The molecule has 2 unspecified atom stereocenters. The zero-order chi connectivity index (χ0) is 16.3. The van der Waals surface area contributed by atoms with E-state index < -0.39 is 0 Å². The lowest BCUT2D eigenvalue weighted by molar-refractivity contribution is -0.141. The smallest absolute Gasteiger partial charge is 0.242 e. The van der Waals surface area contributed by atoms with Crippen LogP contribution in [0.2, 0.25) is 0 Å². The monoisotopic (exact) mass is 306 g/mol. The molecule has 0 aliphatic carbocycles. The van der Waals surface area contributed by atoms with Gasteiger partial charge in [-0.1, -0.05) is 13.8 Å². The zero-order valence-electron chi connectivity index (χ0n) is 13.9. The molecule has 1 aromatic rings. The molecule has 1 aliphatic rings. The number of amides is 2. The molecule has 0 spiro atoms. The quantitative estimate of drug-likeness (QED) is 0.911. The number of hydrogen-bond donors (Lipinski definition) is 1. The summed E-state index contributed by atoms with van der Waals surface area (Å²) < 4.78 is 1.72. The summed E-state index contributed by atoms with van der Waals surface area (Å²) in [5.74, 6) is 0.0345. The topological polar surface area (TPSA) is 67.2 Å². The van der Waals surface area contributed by atoms with E-state index in [0.29, 0.717) is 25.4 Å². The summed E-state index contributed by atoms with van der Waals surface area (Å²) in [5.41, 5.74) is 0.873. The lowest BCUT2D eigenvalue weighted by Gasteiger charge is -2.31. The third kappa shape index (κ3) is 3.48. The minimum atomic E-state index is -0.370. The minimum absolute atomic E-state index is 0.00583. The highest BCUT2D eigenvalue weighted by atomic mass is 16.2. The molecular weight excluding hydrogens is 280 g/mol. The maximum absolute atomic E-state index is 12.9. The second-order valence-corrected chi connectivity index (χ2v) is 6.42. The molecule has 6 nitrogen and oxygen atoms in total. The van der Waals surface area contributed by atoms with Gasteiger partial charge in [-0.15, -0.1) is 0 Å². The number of aryl methyl sites for hydroxylation is 1. The van der Waals surface area contributed by atoms with Crippen LogP contribution in [0.5, 0.6) is 0 Å². The van der Waals surface area contributed by atoms with E-state index in [1.165, 1.54) is 0 Å². The maximum Gasteiger partial charge on any atom is 0.242 e. The fourth-order valence-corrected chi connectivity index (χ4v) is 3.00. The zero-order valence-corrected chi connectivity index (χ0v) is 13.9. The van der Waals surface area contributed by atoms with Crippen molar-refractivity contribution in [2.75, 3.05) is 13.1 Å². The van der Waals surface area contributed by atoms with E-state index in [1.807, 2.05) is 20.0 Å². The van der Waals surface area contributed by atoms with Crippen molar-refractivity contribution in [3.05, 3.63) is 18.0 Å². The number of rotatable bonds is 4. The summed E-state index contributed by atoms with van der Waals surface area (Å²) in [6.07, 6.45) is 3.18. The third-order valence-electron chi connectivity index (χ3n) is 4.20. The van der Waals surface area contributed by atoms with Crippen LogP contribution in [0, 0.1) is 5.92 Å². The van der Waals surface area contributed by atoms with E-state index in [1.54, 1.807) is 15.8 Å². The van der Waals surface area contributed by atoms with Crippen LogP contribution in [0.3, 0.4) is 0 Å². The molecule has 22 heavy (non-hydrogen) atoms. The Morgan fingerprint density at radius 3 is 2.77 bits per heavy atom. The highest BCUT2D eigenvalue weighted by Crippen LogP contribution is 2.22. The highest BCUT2D eigenvalue weighted by molar-refractivity contribution is 5.90. The molecule has 1 N–H and O–H groups in total. The molecule has 1 fully saturated rings. The van der Waals surface area contributed by atoms with E-state index in [-0.39, 0.29) is 23.8 Å². The van der Waals surface area contributed by atoms with Crippen molar-refractivity contribution in [1.29, 1.82) is 0 Å². The minimum Gasteiger partial charge on any atom is -0.354 e. The van der Waals surface area contributed by atoms with Gasteiger partial charge in [-0.25, -0.2) is 0 Å². The number of hydrogen-bond acceptors (Lipinski definition) is 3. The molecule has 2 atom stereocenters.